The monoisotopic (exact) mass is 399 g/mol. The van der Waals surface area contributed by atoms with Gasteiger partial charge in [-0.05, 0) is 38.1 Å². The number of amides is 1. The minimum Gasteiger partial charge on any atom is -0.384 e. The number of carbonyl (C=O) groups is 1. The molecule has 2 rings (SSSR count). The third-order valence-corrected chi connectivity index (χ3v) is 4.72. The second-order valence-electron chi connectivity index (χ2n) is 5.77. The number of nitrogens with zero attached hydrogens (tertiary/aromatic N) is 1. The molecular formula is C15H21ClF3N3O2S. The van der Waals surface area contributed by atoms with E-state index < -0.39 is 11.4 Å². The van der Waals surface area contributed by atoms with Crippen LogP contribution in [-0.2, 0) is 4.74 Å². The maximum atomic E-state index is 12.6. The number of ether oxygens (including phenoxy) is 1. The predicted octanol–water partition coefficient (Wildman–Crippen LogP) is 2.86. The Labute approximate surface area is 154 Å². The fourth-order valence-electron chi connectivity index (χ4n) is 2.75. The van der Waals surface area contributed by atoms with Crippen molar-refractivity contribution in [1.82, 2.24) is 15.6 Å². The van der Waals surface area contributed by atoms with Crippen LogP contribution in [0, 0.1) is 5.41 Å². The van der Waals surface area contributed by atoms with Crippen molar-refractivity contribution in [3.05, 3.63) is 23.9 Å². The van der Waals surface area contributed by atoms with Gasteiger partial charge in [0, 0.05) is 37.0 Å². The number of hydrogen-bond donors (Lipinski definition) is 2. The van der Waals surface area contributed by atoms with Crippen molar-refractivity contribution in [3.8, 4) is 0 Å². The highest BCUT2D eigenvalue weighted by molar-refractivity contribution is 8.00. The van der Waals surface area contributed by atoms with E-state index in [0.717, 1.165) is 25.9 Å². The zero-order valence-corrected chi connectivity index (χ0v) is 15.3. The van der Waals surface area contributed by atoms with Crippen LogP contribution >= 0.6 is 24.2 Å². The first kappa shape index (κ1) is 22.0. The molecule has 0 bridgehead atoms. The lowest BCUT2D eigenvalue weighted by Crippen LogP contribution is -2.47. The molecule has 0 radical (unpaired) electrons. The van der Waals surface area contributed by atoms with Crippen LogP contribution in [0.4, 0.5) is 13.2 Å². The molecule has 5 nitrogen and oxygen atoms in total. The van der Waals surface area contributed by atoms with E-state index >= 15 is 0 Å². The Morgan fingerprint density at radius 3 is 2.72 bits per heavy atom. The van der Waals surface area contributed by atoms with Gasteiger partial charge < -0.3 is 15.4 Å². The molecule has 1 aliphatic heterocycles. The fraction of sp³-hybridized carbons (Fsp3) is 0.600. The number of thioether (sulfide) groups is 1. The van der Waals surface area contributed by atoms with E-state index in [1.165, 1.54) is 18.3 Å². The largest absolute Gasteiger partial charge is 0.447 e. The van der Waals surface area contributed by atoms with Crippen molar-refractivity contribution in [1.29, 1.82) is 0 Å². The average Bonchev–Trinajstić information content (AvgIpc) is 2.53. The molecule has 0 unspecified atom stereocenters. The average molecular weight is 400 g/mol. The van der Waals surface area contributed by atoms with Gasteiger partial charge in [0.05, 0.1) is 12.2 Å². The molecule has 1 aromatic rings. The van der Waals surface area contributed by atoms with Gasteiger partial charge in [-0.1, -0.05) is 0 Å². The molecule has 0 spiro atoms. The second kappa shape index (κ2) is 9.61. The van der Waals surface area contributed by atoms with Crippen LogP contribution in [-0.4, -0.2) is 49.8 Å². The highest BCUT2D eigenvalue weighted by atomic mass is 35.5. The van der Waals surface area contributed by atoms with E-state index in [1.54, 1.807) is 7.11 Å². The summed E-state index contributed by atoms with van der Waals surface area (Å²) in [5.74, 6) is -0.552. The molecule has 0 saturated carbocycles. The molecule has 142 valence electrons. The smallest absolute Gasteiger partial charge is 0.384 e. The number of rotatable bonds is 6. The van der Waals surface area contributed by atoms with Gasteiger partial charge in [0.1, 0.15) is 5.03 Å². The minimum absolute atomic E-state index is 0. The summed E-state index contributed by atoms with van der Waals surface area (Å²) in [4.78, 5) is 16.0. The van der Waals surface area contributed by atoms with Crippen LogP contribution in [0.5, 0.6) is 0 Å². The van der Waals surface area contributed by atoms with Gasteiger partial charge in [0.25, 0.3) is 5.91 Å². The number of pyridine rings is 1. The standard InChI is InChI=1S/C15H20F3N3O2S.ClH/c1-23-10-14(4-7-19-8-5-14)9-21-12(22)11-3-2-6-20-13(11)24-15(16,17)18;/h2-3,6,19H,4-5,7-10H2,1H3,(H,21,22);1H. The molecule has 1 saturated heterocycles. The Bertz CT molecular complexity index is 564. The van der Waals surface area contributed by atoms with Gasteiger partial charge in [-0.15, -0.1) is 12.4 Å². The van der Waals surface area contributed by atoms with Crippen molar-refractivity contribution >= 4 is 30.1 Å². The van der Waals surface area contributed by atoms with E-state index in [2.05, 4.69) is 15.6 Å². The lowest BCUT2D eigenvalue weighted by Gasteiger charge is -2.37. The lowest BCUT2D eigenvalue weighted by molar-refractivity contribution is -0.0329. The molecule has 1 aromatic heterocycles. The van der Waals surface area contributed by atoms with Crippen molar-refractivity contribution in [2.24, 2.45) is 5.41 Å². The molecule has 0 atom stereocenters. The summed E-state index contributed by atoms with van der Waals surface area (Å²) in [6, 6.07) is 2.80. The van der Waals surface area contributed by atoms with E-state index in [4.69, 9.17) is 4.74 Å². The van der Waals surface area contributed by atoms with E-state index in [-0.39, 0.29) is 40.2 Å². The van der Waals surface area contributed by atoms with Gasteiger partial charge in [-0.3, -0.25) is 4.79 Å². The second-order valence-corrected chi connectivity index (χ2v) is 6.82. The van der Waals surface area contributed by atoms with Gasteiger partial charge in [0.15, 0.2) is 0 Å². The van der Waals surface area contributed by atoms with E-state index in [9.17, 15) is 18.0 Å². The number of nitrogens with one attached hydrogen (secondary N) is 2. The van der Waals surface area contributed by atoms with Crippen LogP contribution in [0.25, 0.3) is 0 Å². The Kier molecular flexibility index (Phi) is 8.46. The first-order valence-electron chi connectivity index (χ1n) is 7.54. The van der Waals surface area contributed by atoms with Gasteiger partial charge in [-0.2, -0.15) is 13.2 Å². The number of carbonyl (C=O) groups excluding carboxylic acids is 1. The summed E-state index contributed by atoms with van der Waals surface area (Å²) >= 11 is -0.380. The SMILES string of the molecule is COCC1(CNC(=O)c2cccnc2SC(F)(F)F)CCNCC1.Cl. The van der Waals surface area contributed by atoms with Crippen LogP contribution in [0.3, 0.4) is 0 Å². The van der Waals surface area contributed by atoms with Crippen molar-refractivity contribution in [3.63, 3.8) is 0 Å². The van der Waals surface area contributed by atoms with Gasteiger partial charge in [-0.25, -0.2) is 4.98 Å². The maximum Gasteiger partial charge on any atom is 0.447 e. The highest BCUT2D eigenvalue weighted by Crippen LogP contribution is 2.37. The molecule has 2 N–H and O–H groups in total. The zero-order chi connectivity index (χ0) is 17.6. The molecule has 2 heterocycles. The first-order chi connectivity index (χ1) is 11.4. The molecular weight excluding hydrogens is 379 g/mol. The third-order valence-electron chi connectivity index (χ3n) is 3.97. The fourth-order valence-corrected chi connectivity index (χ4v) is 3.36. The summed E-state index contributed by atoms with van der Waals surface area (Å²) in [5, 5.41) is 5.66. The predicted molar refractivity (Wildman–Crippen MR) is 92.1 cm³/mol. The zero-order valence-electron chi connectivity index (χ0n) is 13.7. The first-order valence-corrected chi connectivity index (χ1v) is 8.35. The highest BCUT2D eigenvalue weighted by Gasteiger charge is 2.34. The maximum absolute atomic E-state index is 12.6. The molecule has 0 aliphatic carbocycles. The number of methoxy groups -OCH3 is 1. The summed E-state index contributed by atoms with van der Waals surface area (Å²) in [5.41, 5.74) is -4.76. The van der Waals surface area contributed by atoms with Crippen molar-refractivity contribution in [2.75, 3.05) is 33.4 Å². The normalized spacial score (nSPS) is 16.8. The molecule has 0 aromatic carbocycles. The van der Waals surface area contributed by atoms with Gasteiger partial charge >= 0.3 is 5.51 Å². The number of piperidine rings is 1. The quantitative estimate of drug-likeness (QED) is 0.720. The molecule has 25 heavy (non-hydrogen) atoms. The summed E-state index contributed by atoms with van der Waals surface area (Å²) < 4.78 is 43.0. The summed E-state index contributed by atoms with van der Waals surface area (Å²) in [6.45, 7) is 2.49. The van der Waals surface area contributed by atoms with Crippen molar-refractivity contribution < 1.29 is 22.7 Å². The number of aromatic nitrogens is 1. The molecule has 1 aliphatic rings. The Balaban J connectivity index is 0.00000312. The number of alkyl halides is 3. The third kappa shape index (κ3) is 6.65. The molecule has 1 fully saturated rings. The van der Waals surface area contributed by atoms with E-state index in [0.29, 0.717) is 13.2 Å². The topological polar surface area (TPSA) is 63.2 Å². The van der Waals surface area contributed by atoms with Gasteiger partial charge in [0.2, 0.25) is 0 Å². The van der Waals surface area contributed by atoms with Crippen molar-refractivity contribution in [2.45, 2.75) is 23.4 Å². The molecule has 10 heteroatoms. The number of hydrogen-bond acceptors (Lipinski definition) is 5. The Morgan fingerprint density at radius 1 is 1.44 bits per heavy atom. The summed E-state index contributed by atoms with van der Waals surface area (Å²) in [7, 11) is 1.60. The van der Waals surface area contributed by atoms with Crippen LogP contribution in [0.1, 0.15) is 23.2 Å². The Morgan fingerprint density at radius 2 is 2.12 bits per heavy atom. The summed E-state index contributed by atoms with van der Waals surface area (Å²) in [6.07, 6.45) is 2.90. The van der Waals surface area contributed by atoms with Crippen LogP contribution < -0.4 is 10.6 Å². The van der Waals surface area contributed by atoms with E-state index in [1.807, 2.05) is 0 Å². The Hall–Kier alpha value is -1.03. The number of halogens is 4. The minimum atomic E-state index is -4.49. The molecule has 1 amide bonds. The van der Waals surface area contributed by atoms with Crippen LogP contribution in [0.2, 0.25) is 0 Å². The lowest BCUT2D eigenvalue weighted by atomic mass is 9.79. The van der Waals surface area contributed by atoms with Crippen LogP contribution in [0.15, 0.2) is 23.4 Å².